The van der Waals surface area contributed by atoms with Gasteiger partial charge in [-0.1, -0.05) is 44.1 Å². The molecule has 6 rings (SSSR count). The van der Waals surface area contributed by atoms with Gasteiger partial charge in [-0.3, -0.25) is 9.36 Å². The first-order valence-electron chi connectivity index (χ1n) is 13.5. The molecule has 9 nitrogen and oxygen atoms in total. The predicted molar refractivity (Wildman–Crippen MR) is 155 cm³/mol. The molecule has 204 valence electrons. The van der Waals surface area contributed by atoms with Gasteiger partial charge in [0, 0.05) is 42.0 Å². The molecule has 0 radical (unpaired) electrons. The molecule has 9 heteroatoms. The van der Waals surface area contributed by atoms with Crippen LogP contribution in [0.25, 0.3) is 27.8 Å². The van der Waals surface area contributed by atoms with Crippen LogP contribution in [0.1, 0.15) is 32.1 Å². The molecule has 1 fully saturated rings. The lowest BCUT2D eigenvalue weighted by Gasteiger charge is -2.27. The van der Waals surface area contributed by atoms with Gasteiger partial charge in [0.1, 0.15) is 17.9 Å². The highest BCUT2D eigenvalue weighted by Crippen LogP contribution is 2.27. The summed E-state index contributed by atoms with van der Waals surface area (Å²) in [6, 6.07) is 20.1. The van der Waals surface area contributed by atoms with Crippen molar-refractivity contribution in [1.29, 1.82) is 0 Å². The van der Waals surface area contributed by atoms with Gasteiger partial charge in [0.25, 0.3) is 0 Å². The Kier molecular flexibility index (Phi) is 6.81. The van der Waals surface area contributed by atoms with E-state index in [1.807, 2.05) is 62.1 Å². The number of nitrogens with one attached hydrogen (secondary N) is 1. The average molecular weight is 537 g/mol. The van der Waals surface area contributed by atoms with Gasteiger partial charge in [0.2, 0.25) is 5.91 Å². The number of hydrogen-bond acceptors (Lipinski definition) is 7. The first kappa shape index (κ1) is 25.8. The van der Waals surface area contributed by atoms with Crippen molar-refractivity contribution in [3.05, 3.63) is 84.5 Å². The number of carbonyl (C=O) groups excluding carboxylic acids is 1. The number of carbonyl (C=O) groups is 1. The standard InChI is InChI=1S/C31H32N6O3/c1-31(2,3)27-18-28(35-40-27)34-30(38)16-21-4-8-24(9-5-21)37-20-33-25-17-22(6-10-26(25)37)23-7-11-29(32-19-23)36-12-14-39-15-13-36/h4-11,17-20H,12-16H2,1-3H3,(H,34,35,38). The fraction of sp³-hybridized carbons (Fsp3) is 0.290. The van der Waals surface area contributed by atoms with Crippen molar-refractivity contribution in [2.24, 2.45) is 0 Å². The minimum absolute atomic E-state index is 0.144. The highest BCUT2D eigenvalue weighted by molar-refractivity contribution is 5.91. The number of morpholine rings is 1. The van der Waals surface area contributed by atoms with Gasteiger partial charge in [-0.05, 0) is 47.5 Å². The number of fused-ring (bicyclic) bond motifs is 1. The normalized spacial score (nSPS) is 14.0. The summed E-state index contributed by atoms with van der Waals surface area (Å²) in [5, 5.41) is 6.78. The van der Waals surface area contributed by atoms with Crippen molar-refractivity contribution in [3.8, 4) is 16.8 Å². The number of benzene rings is 2. The predicted octanol–water partition coefficient (Wildman–Crippen LogP) is 5.39. The number of anilines is 2. The molecule has 1 aliphatic heterocycles. The van der Waals surface area contributed by atoms with E-state index in [-0.39, 0.29) is 17.7 Å². The first-order chi connectivity index (χ1) is 19.3. The van der Waals surface area contributed by atoms with E-state index in [0.717, 1.165) is 71.3 Å². The minimum Gasteiger partial charge on any atom is -0.378 e. The molecule has 1 N–H and O–H groups in total. The fourth-order valence-electron chi connectivity index (χ4n) is 4.77. The van der Waals surface area contributed by atoms with Crippen LogP contribution in [0.5, 0.6) is 0 Å². The van der Waals surface area contributed by atoms with Crippen molar-refractivity contribution >= 4 is 28.6 Å². The number of amides is 1. The van der Waals surface area contributed by atoms with E-state index in [1.54, 1.807) is 6.07 Å². The Morgan fingerprint density at radius 2 is 1.73 bits per heavy atom. The number of pyridine rings is 1. The Morgan fingerprint density at radius 1 is 0.950 bits per heavy atom. The van der Waals surface area contributed by atoms with Crippen LogP contribution in [0.2, 0.25) is 0 Å². The smallest absolute Gasteiger partial charge is 0.230 e. The van der Waals surface area contributed by atoms with Gasteiger partial charge in [-0.2, -0.15) is 0 Å². The molecule has 0 atom stereocenters. The maximum Gasteiger partial charge on any atom is 0.230 e. The molecule has 1 saturated heterocycles. The first-order valence-corrected chi connectivity index (χ1v) is 13.5. The molecule has 5 aromatic rings. The molecule has 0 saturated carbocycles. The van der Waals surface area contributed by atoms with Gasteiger partial charge in [-0.15, -0.1) is 0 Å². The highest BCUT2D eigenvalue weighted by atomic mass is 16.5. The zero-order valence-corrected chi connectivity index (χ0v) is 22.9. The third-order valence-corrected chi connectivity index (χ3v) is 7.06. The molecule has 3 aromatic heterocycles. The Labute approximate surface area is 232 Å². The minimum atomic E-state index is -0.170. The molecule has 0 bridgehead atoms. The van der Waals surface area contributed by atoms with Gasteiger partial charge in [-0.25, -0.2) is 9.97 Å². The molecule has 4 heterocycles. The molecule has 0 spiro atoms. The zero-order valence-electron chi connectivity index (χ0n) is 22.9. The van der Waals surface area contributed by atoms with Crippen LogP contribution in [0, 0.1) is 0 Å². The van der Waals surface area contributed by atoms with Crippen molar-refractivity contribution in [3.63, 3.8) is 0 Å². The van der Waals surface area contributed by atoms with Crippen molar-refractivity contribution in [2.45, 2.75) is 32.6 Å². The lowest BCUT2D eigenvalue weighted by Crippen LogP contribution is -2.36. The molecule has 40 heavy (non-hydrogen) atoms. The fourth-order valence-corrected chi connectivity index (χ4v) is 4.77. The molecule has 1 aliphatic rings. The summed E-state index contributed by atoms with van der Waals surface area (Å²) >= 11 is 0. The lowest BCUT2D eigenvalue weighted by atomic mass is 9.93. The van der Waals surface area contributed by atoms with E-state index in [0.29, 0.717) is 5.82 Å². The number of aromatic nitrogens is 4. The van der Waals surface area contributed by atoms with E-state index >= 15 is 0 Å². The summed E-state index contributed by atoms with van der Waals surface area (Å²) in [6.45, 7) is 9.31. The second kappa shape index (κ2) is 10.6. The van der Waals surface area contributed by atoms with E-state index in [9.17, 15) is 4.79 Å². The van der Waals surface area contributed by atoms with Crippen molar-refractivity contribution in [2.75, 3.05) is 36.5 Å². The number of nitrogens with zero attached hydrogens (tertiary/aromatic N) is 5. The largest absolute Gasteiger partial charge is 0.378 e. The number of imidazole rings is 1. The summed E-state index contributed by atoms with van der Waals surface area (Å²) in [5.41, 5.74) is 5.74. The maximum absolute atomic E-state index is 12.6. The number of rotatable bonds is 6. The summed E-state index contributed by atoms with van der Waals surface area (Å²) in [7, 11) is 0. The number of ether oxygens (including phenoxy) is 1. The molecular formula is C31H32N6O3. The van der Waals surface area contributed by atoms with Gasteiger partial charge >= 0.3 is 0 Å². The Bertz CT molecular complexity index is 1620. The lowest BCUT2D eigenvalue weighted by molar-refractivity contribution is -0.115. The molecular weight excluding hydrogens is 504 g/mol. The SMILES string of the molecule is CC(C)(C)c1cc(NC(=O)Cc2ccc(-n3cnc4cc(-c5ccc(N6CCOCC6)nc5)ccc43)cc2)no1. The second-order valence-electron chi connectivity index (χ2n) is 11.0. The van der Waals surface area contributed by atoms with Crippen LogP contribution >= 0.6 is 0 Å². The molecule has 2 aromatic carbocycles. The third kappa shape index (κ3) is 5.46. The van der Waals surface area contributed by atoms with E-state index < -0.39 is 0 Å². The average Bonchev–Trinajstić information content (AvgIpc) is 3.61. The Balaban J connectivity index is 1.13. The summed E-state index contributed by atoms with van der Waals surface area (Å²) in [5.74, 6) is 1.99. The van der Waals surface area contributed by atoms with Gasteiger partial charge in [0.15, 0.2) is 5.82 Å². The van der Waals surface area contributed by atoms with Crippen LogP contribution in [-0.4, -0.2) is 51.9 Å². The van der Waals surface area contributed by atoms with E-state index in [4.69, 9.17) is 9.26 Å². The van der Waals surface area contributed by atoms with E-state index in [1.165, 1.54) is 0 Å². The quantitative estimate of drug-likeness (QED) is 0.311. The molecule has 0 aliphatic carbocycles. The van der Waals surface area contributed by atoms with Crippen LogP contribution in [0.4, 0.5) is 11.6 Å². The Hall–Kier alpha value is -4.50. The highest BCUT2D eigenvalue weighted by Gasteiger charge is 2.20. The maximum atomic E-state index is 12.6. The van der Waals surface area contributed by atoms with Crippen LogP contribution in [0.3, 0.4) is 0 Å². The summed E-state index contributed by atoms with van der Waals surface area (Å²) in [4.78, 5) is 24.1. The third-order valence-electron chi connectivity index (χ3n) is 7.06. The Morgan fingerprint density at radius 3 is 2.42 bits per heavy atom. The van der Waals surface area contributed by atoms with E-state index in [2.05, 4.69) is 55.7 Å². The molecule has 1 amide bonds. The number of hydrogen-bond donors (Lipinski definition) is 1. The molecule has 0 unspecified atom stereocenters. The van der Waals surface area contributed by atoms with Crippen LogP contribution in [-0.2, 0) is 21.4 Å². The van der Waals surface area contributed by atoms with Crippen molar-refractivity contribution in [1.82, 2.24) is 19.7 Å². The van der Waals surface area contributed by atoms with Gasteiger partial charge < -0.3 is 19.5 Å². The monoisotopic (exact) mass is 536 g/mol. The van der Waals surface area contributed by atoms with Gasteiger partial charge in [0.05, 0.1) is 30.7 Å². The van der Waals surface area contributed by atoms with Crippen molar-refractivity contribution < 1.29 is 14.1 Å². The summed E-state index contributed by atoms with van der Waals surface area (Å²) in [6.07, 6.45) is 3.99. The van der Waals surface area contributed by atoms with Crippen LogP contribution in [0.15, 0.2) is 77.7 Å². The second-order valence-corrected chi connectivity index (χ2v) is 11.0. The topological polar surface area (TPSA) is 98.3 Å². The zero-order chi connectivity index (χ0) is 27.7. The summed E-state index contributed by atoms with van der Waals surface area (Å²) < 4.78 is 12.8. The van der Waals surface area contributed by atoms with Crippen LogP contribution < -0.4 is 10.2 Å².